The van der Waals surface area contributed by atoms with Crippen LogP contribution in [-0.2, 0) is 0 Å². The SMILES string of the molecule is CCC1CCCN(c2cc(F)cc([N+](=O)[O-])c2)CC1. The lowest BCUT2D eigenvalue weighted by molar-refractivity contribution is -0.385. The first-order valence-corrected chi connectivity index (χ1v) is 6.80. The van der Waals surface area contributed by atoms with Crippen molar-refractivity contribution in [1.29, 1.82) is 0 Å². The molecule has 0 spiro atoms. The van der Waals surface area contributed by atoms with E-state index in [-0.39, 0.29) is 5.69 Å². The van der Waals surface area contributed by atoms with Gasteiger partial charge in [-0.25, -0.2) is 4.39 Å². The van der Waals surface area contributed by atoms with E-state index < -0.39 is 10.7 Å². The Labute approximate surface area is 112 Å². The normalized spacial score (nSPS) is 20.1. The molecule has 1 heterocycles. The number of anilines is 1. The summed E-state index contributed by atoms with van der Waals surface area (Å²) in [5.74, 6) is 0.175. The molecule has 0 saturated carbocycles. The summed E-state index contributed by atoms with van der Waals surface area (Å²) in [6, 6.07) is 3.82. The molecule has 104 valence electrons. The Balaban J connectivity index is 2.19. The van der Waals surface area contributed by atoms with Gasteiger partial charge in [-0.15, -0.1) is 0 Å². The first-order valence-electron chi connectivity index (χ1n) is 6.80. The van der Waals surface area contributed by atoms with Gasteiger partial charge >= 0.3 is 0 Å². The predicted molar refractivity (Wildman–Crippen MR) is 72.9 cm³/mol. The summed E-state index contributed by atoms with van der Waals surface area (Å²) in [5.41, 5.74) is 0.453. The first-order chi connectivity index (χ1) is 9.10. The molecule has 0 amide bonds. The number of benzene rings is 1. The van der Waals surface area contributed by atoms with Crippen molar-refractivity contribution < 1.29 is 9.31 Å². The molecular formula is C14H19FN2O2. The highest BCUT2D eigenvalue weighted by atomic mass is 19.1. The van der Waals surface area contributed by atoms with Gasteiger partial charge in [0.1, 0.15) is 5.82 Å². The first kappa shape index (κ1) is 13.8. The lowest BCUT2D eigenvalue weighted by Gasteiger charge is -2.22. The molecule has 0 radical (unpaired) electrons. The molecule has 1 aliphatic rings. The summed E-state index contributed by atoms with van der Waals surface area (Å²) >= 11 is 0. The smallest absolute Gasteiger partial charge is 0.274 e. The highest BCUT2D eigenvalue weighted by molar-refractivity contribution is 5.53. The molecule has 4 nitrogen and oxygen atoms in total. The lowest BCUT2D eigenvalue weighted by atomic mass is 9.98. The van der Waals surface area contributed by atoms with Crippen LogP contribution >= 0.6 is 0 Å². The van der Waals surface area contributed by atoms with Gasteiger partial charge in [-0.05, 0) is 31.2 Å². The third-order valence-electron chi connectivity index (χ3n) is 3.87. The Bertz CT molecular complexity index is 465. The van der Waals surface area contributed by atoms with Gasteiger partial charge in [-0.3, -0.25) is 10.1 Å². The standard InChI is InChI=1S/C14H19FN2O2/c1-2-11-4-3-6-16(7-5-11)13-8-12(15)9-14(10-13)17(18)19/h8-11H,2-7H2,1H3. The third kappa shape index (κ3) is 3.43. The van der Waals surface area contributed by atoms with Gasteiger partial charge in [0, 0.05) is 24.8 Å². The fourth-order valence-electron chi connectivity index (χ4n) is 2.68. The van der Waals surface area contributed by atoms with Crippen molar-refractivity contribution in [3.63, 3.8) is 0 Å². The molecule has 1 aliphatic heterocycles. The second kappa shape index (κ2) is 5.99. The number of hydrogen-bond donors (Lipinski definition) is 0. The number of nitro groups is 1. The fraction of sp³-hybridized carbons (Fsp3) is 0.571. The molecule has 1 aromatic carbocycles. The second-order valence-corrected chi connectivity index (χ2v) is 5.12. The Morgan fingerprint density at radius 3 is 2.84 bits per heavy atom. The average Bonchev–Trinajstić information content (AvgIpc) is 2.63. The molecule has 0 aromatic heterocycles. The summed E-state index contributed by atoms with van der Waals surface area (Å²) in [6.45, 7) is 3.88. The van der Waals surface area contributed by atoms with E-state index in [1.54, 1.807) is 0 Å². The van der Waals surface area contributed by atoms with Gasteiger partial charge in [0.05, 0.1) is 11.0 Å². The van der Waals surface area contributed by atoms with Crippen molar-refractivity contribution >= 4 is 11.4 Å². The van der Waals surface area contributed by atoms with Crippen LogP contribution < -0.4 is 4.90 Å². The number of nitro benzene ring substituents is 1. The van der Waals surface area contributed by atoms with E-state index in [0.29, 0.717) is 11.6 Å². The van der Waals surface area contributed by atoms with E-state index in [9.17, 15) is 14.5 Å². The Morgan fingerprint density at radius 2 is 2.16 bits per heavy atom. The zero-order valence-corrected chi connectivity index (χ0v) is 11.1. The summed E-state index contributed by atoms with van der Waals surface area (Å²) in [5, 5.41) is 10.8. The zero-order chi connectivity index (χ0) is 13.8. The van der Waals surface area contributed by atoms with Crippen molar-refractivity contribution in [2.45, 2.75) is 32.6 Å². The van der Waals surface area contributed by atoms with Gasteiger partial charge in [-0.2, -0.15) is 0 Å². The van der Waals surface area contributed by atoms with Crippen molar-refractivity contribution in [2.24, 2.45) is 5.92 Å². The monoisotopic (exact) mass is 266 g/mol. The third-order valence-corrected chi connectivity index (χ3v) is 3.87. The minimum absolute atomic E-state index is 0.175. The van der Waals surface area contributed by atoms with E-state index in [0.717, 1.165) is 38.4 Å². The van der Waals surface area contributed by atoms with E-state index in [2.05, 4.69) is 11.8 Å². The number of halogens is 1. The van der Waals surface area contributed by atoms with Gasteiger partial charge in [0.2, 0.25) is 0 Å². The number of nitrogens with zero attached hydrogens (tertiary/aromatic N) is 2. The maximum Gasteiger partial charge on any atom is 0.274 e. The quantitative estimate of drug-likeness (QED) is 0.618. The molecule has 1 fully saturated rings. The molecule has 1 aromatic rings. The van der Waals surface area contributed by atoms with Crippen LogP contribution in [0.4, 0.5) is 15.8 Å². The van der Waals surface area contributed by atoms with Crippen molar-refractivity contribution in [2.75, 3.05) is 18.0 Å². The predicted octanol–water partition coefficient (Wildman–Crippen LogP) is 3.75. The summed E-state index contributed by atoms with van der Waals surface area (Å²) in [6.07, 6.45) is 4.48. The second-order valence-electron chi connectivity index (χ2n) is 5.12. The van der Waals surface area contributed by atoms with Crippen LogP contribution in [0.15, 0.2) is 18.2 Å². The molecule has 0 aliphatic carbocycles. The molecule has 0 N–H and O–H groups in total. The minimum atomic E-state index is -0.542. The molecular weight excluding hydrogens is 247 g/mol. The van der Waals surface area contributed by atoms with Crippen molar-refractivity contribution in [3.8, 4) is 0 Å². The van der Waals surface area contributed by atoms with Crippen LogP contribution in [0.2, 0.25) is 0 Å². The Hall–Kier alpha value is -1.65. The number of rotatable bonds is 3. The van der Waals surface area contributed by atoms with Gasteiger partial charge in [0.15, 0.2) is 0 Å². The zero-order valence-electron chi connectivity index (χ0n) is 11.1. The van der Waals surface area contributed by atoms with E-state index in [1.165, 1.54) is 18.6 Å². The van der Waals surface area contributed by atoms with Crippen LogP contribution in [-0.4, -0.2) is 18.0 Å². The molecule has 1 unspecified atom stereocenters. The Kier molecular flexibility index (Phi) is 4.35. The largest absolute Gasteiger partial charge is 0.371 e. The molecule has 5 heteroatoms. The van der Waals surface area contributed by atoms with E-state index >= 15 is 0 Å². The highest BCUT2D eigenvalue weighted by Gasteiger charge is 2.18. The van der Waals surface area contributed by atoms with Gasteiger partial charge in [-0.1, -0.05) is 13.3 Å². The van der Waals surface area contributed by atoms with Crippen LogP contribution in [0.1, 0.15) is 32.6 Å². The molecule has 1 atom stereocenters. The maximum atomic E-state index is 13.5. The average molecular weight is 266 g/mol. The Morgan fingerprint density at radius 1 is 1.37 bits per heavy atom. The summed E-state index contributed by atoms with van der Waals surface area (Å²) < 4.78 is 13.5. The number of non-ortho nitro benzene ring substituents is 1. The van der Waals surface area contributed by atoms with E-state index in [4.69, 9.17) is 0 Å². The topological polar surface area (TPSA) is 46.4 Å². The van der Waals surface area contributed by atoms with Crippen LogP contribution in [0.5, 0.6) is 0 Å². The van der Waals surface area contributed by atoms with Crippen LogP contribution in [0.3, 0.4) is 0 Å². The van der Waals surface area contributed by atoms with Crippen molar-refractivity contribution in [1.82, 2.24) is 0 Å². The summed E-state index contributed by atoms with van der Waals surface area (Å²) in [4.78, 5) is 12.3. The molecule has 0 bridgehead atoms. The molecule has 19 heavy (non-hydrogen) atoms. The molecule has 1 saturated heterocycles. The van der Waals surface area contributed by atoms with Crippen LogP contribution in [0.25, 0.3) is 0 Å². The number of hydrogen-bond acceptors (Lipinski definition) is 3. The van der Waals surface area contributed by atoms with Gasteiger partial charge < -0.3 is 4.90 Å². The highest BCUT2D eigenvalue weighted by Crippen LogP contribution is 2.27. The lowest BCUT2D eigenvalue weighted by Crippen LogP contribution is -2.24. The maximum absolute atomic E-state index is 13.5. The minimum Gasteiger partial charge on any atom is -0.371 e. The fourth-order valence-corrected chi connectivity index (χ4v) is 2.68. The van der Waals surface area contributed by atoms with Crippen LogP contribution in [0, 0.1) is 21.8 Å². The summed E-state index contributed by atoms with van der Waals surface area (Å²) in [7, 11) is 0. The van der Waals surface area contributed by atoms with Crippen molar-refractivity contribution in [3.05, 3.63) is 34.1 Å². The van der Waals surface area contributed by atoms with Gasteiger partial charge in [0.25, 0.3) is 5.69 Å². The molecule has 2 rings (SSSR count). The van der Waals surface area contributed by atoms with E-state index in [1.807, 2.05) is 0 Å².